The molecule has 0 bridgehead atoms. The third kappa shape index (κ3) is 3.05. The van der Waals surface area contributed by atoms with E-state index in [0.717, 1.165) is 0 Å². The summed E-state index contributed by atoms with van der Waals surface area (Å²) in [6.45, 7) is 2.31. The van der Waals surface area contributed by atoms with Gasteiger partial charge in [-0.3, -0.25) is 0 Å². The Balaban J connectivity index is 3.35. The van der Waals surface area contributed by atoms with Crippen LogP contribution in [0.25, 0.3) is 6.08 Å². The number of pyridine rings is 1. The van der Waals surface area contributed by atoms with Gasteiger partial charge in [-0.25, -0.2) is 9.78 Å². The average Bonchev–Trinajstić information content (AvgIpc) is 2.37. The smallest absolute Gasteiger partial charge is 0.357 e. The lowest BCUT2D eigenvalue weighted by Crippen LogP contribution is -2.10. The SMILES string of the molecule is CCOC=Cc1c(C(=O)OC)nc(Cl)c(Cl)c1N. The molecule has 1 aromatic rings. The van der Waals surface area contributed by atoms with Crippen molar-refractivity contribution in [2.24, 2.45) is 0 Å². The van der Waals surface area contributed by atoms with E-state index in [1.165, 1.54) is 19.4 Å². The van der Waals surface area contributed by atoms with Crippen LogP contribution in [0.1, 0.15) is 23.0 Å². The summed E-state index contributed by atoms with van der Waals surface area (Å²) >= 11 is 11.6. The molecule has 98 valence electrons. The molecule has 2 N–H and O–H groups in total. The molecule has 1 rings (SSSR count). The number of esters is 1. The van der Waals surface area contributed by atoms with Gasteiger partial charge >= 0.3 is 5.97 Å². The minimum atomic E-state index is -0.656. The number of carbonyl (C=O) groups excluding carboxylic acids is 1. The minimum absolute atomic E-state index is 0.0136. The lowest BCUT2D eigenvalue weighted by atomic mass is 10.1. The molecular formula is C11H12Cl2N2O3. The molecule has 0 aromatic carbocycles. The topological polar surface area (TPSA) is 74.4 Å². The zero-order valence-corrected chi connectivity index (χ0v) is 11.4. The van der Waals surface area contributed by atoms with Crippen LogP contribution in [0.4, 0.5) is 5.69 Å². The Labute approximate surface area is 114 Å². The highest BCUT2D eigenvalue weighted by Crippen LogP contribution is 2.32. The molecule has 0 spiro atoms. The number of ether oxygens (including phenoxy) is 2. The summed E-state index contributed by atoms with van der Waals surface area (Å²) in [6, 6.07) is 0. The van der Waals surface area contributed by atoms with Crippen LogP contribution in [0.2, 0.25) is 10.2 Å². The largest absolute Gasteiger partial charge is 0.501 e. The normalized spacial score (nSPS) is 10.7. The third-order valence-electron chi connectivity index (χ3n) is 2.05. The molecule has 0 unspecified atom stereocenters. The van der Waals surface area contributed by atoms with E-state index in [-0.39, 0.29) is 21.6 Å². The van der Waals surface area contributed by atoms with Crippen molar-refractivity contribution in [3.05, 3.63) is 27.7 Å². The van der Waals surface area contributed by atoms with E-state index in [9.17, 15) is 4.79 Å². The molecule has 0 aliphatic heterocycles. The number of anilines is 1. The molecule has 0 aliphatic carbocycles. The van der Waals surface area contributed by atoms with Gasteiger partial charge in [-0.05, 0) is 13.0 Å². The Bertz CT molecular complexity index is 490. The zero-order valence-electron chi connectivity index (χ0n) is 9.87. The first kappa shape index (κ1) is 14.6. The van der Waals surface area contributed by atoms with Gasteiger partial charge < -0.3 is 15.2 Å². The first-order chi connectivity index (χ1) is 8.52. The highest BCUT2D eigenvalue weighted by molar-refractivity contribution is 6.43. The Morgan fingerprint density at radius 3 is 2.72 bits per heavy atom. The first-order valence-electron chi connectivity index (χ1n) is 5.03. The van der Waals surface area contributed by atoms with Gasteiger partial charge in [0.05, 0.1) is 25.7 Å². The van der Waals surface area contributed by atoms with Crippen molar-refractivity contribution in [2.75, 3.05) is 19.5 Å². The second kappa shape index (κ2) is 6.47. The summed E-state index contributed by atoms with van der Waals surface area (Å²) < 4.78 is 9.64. The van der Waals surface area contributed by atoms with Crippen LogP contribution in [0.3, 0.4) is 0 Å². The summed E-state index contributed by atoms with van der Waals surface area (Å²) in [6.07, 6.45) is 2.88. The van der Waals surface area contributed by atoms with Crippen molar-refractivity contribution in [1.29, 1.82) is 0 Å². The Morgan fingerprint density at radius 1 is 1.50 bits per heavy atom. The van der Waals surface area contributed by atoms with Crippen molar-refractivity contribution >= 4 is 40.9 Å². The number of halogens is 2. The molecule has 0 saturated carbocycles. The highest BCUT2D eigenvalue weighted by Gasteiger charge is 2.19. The van der Waals surface area contributed by atoms with Crippen LogP contribution in [0.15, 0.2) is 6.26 Å². The van der Waals surface area contributed by atoms with Gasteiger partial charge in [0.15, 0.2) is 10.8 Å². The Kier molecular flexibility index (Phi) is 5.25. The van der Waals surface area contributed by atoms with Crippen LogP contribution >= 0.6 is 23.2 Å². The molecule has 0 saturated heterocycles. The molecule has 18 heavy (non-hydrogen) atoms. The fourth-order valence-corrected chi connectivity index (χ4v) is 1.53. The number of rotatable bonds is 4. The quantitative estimate of drug-likeness (QED) is 0.524. The molecule has 0 amide bonds. The summed E-state index contributed by atoms with van der Waals surface area (Å²) in [5.41, 5.74) is 6.23. The van der Waals surface area contributed by atoms with Gasteiger partial charge in [-0.1, -0.05) is 23.2 Å². The van der Waals surface area contributed by atoms with Crippen molar-refractivity contribution in [3.8, 4) is 0 Å². The van der Waals surface area contributed by atoms with E-state index >= 15 is 0 Å². The third-order valence-corrected chi connectivity index (χ3v) is 2.80. The fourth-order valence-electron chi connectivity index (χ4n) is 1.20. The molecular weight excluding hydrogens is 279 g/mol. The standard InChI is InChI=1S/C11H12Cl2N2O3/c1-3-18-5-4-6-8(14)7(12)10(13)15-9(6)11(16)17-2/h4-5H,3H2,1-2H3,(H2,14,15). The van der Waals surface area contributed by atoms with Crippen molar-refractivity contribution < 1.29 is 14.3 Å². The Morgan fingerprint density at radius 2 is 2.17 bits per heavy atom. The summed E-state index contributed by atoms with van der Waals surface area (Å²) in [5, 5.41) is 0.0311. The summed E-state index contributed by atoms with van der Waals surface area (Å²) in [4.78, 5) is 15.4. The second-order valence-electron chi connectivity index (χ2n) is 3.14. The minimum Gasteiger partial charge on any atom is -0.501 e. The monoisotopic (exact) mass is 290 g/mol. The summed E-state index contributed by atoms with van der Waals surface area (Å²) in [7, 11) is 1.23. The first-order valence-corrected chi connectivity index (χ1v) is 5.79. The second-order valence-corrected chi connectivity index (χ2v) is 3.88. The van der Waals surface area contributed by atoms with Gasteiger partial charge in [-0.15, -0.1) is 0 Å². The van der Waals surface area contributed by atoms with Crippen molar-refractivity contribution in [3.63, 3.8) is 0 Å². The maximum Gasteiger partial charge on any atom is 0.357 e. The van der Waals surface area contributed by atoms with Crippen LogP contribution in [-0.4, -0.2) is 24.7 Å². The lowest BCUT2D eigenvalue weighted by Gasteiger charge is -2.09. The van der Waals surface area contributed by atoms with Crippen LogP contribution in [-0.2, 0) is 9.47 Å². The lowest BCUT2D eigenvalue weighted by molar-refractivity contribution is 0.0594. The molecule has 0 aliphatic rings. The van der Waals surface area contributed by atoms with E-state index in [2.05, 4.69) is 9.72 Å². The predicted molar refractivity (Wildman–Crippen MR) is 70.7 cm³/mol. The number of carbonyl (C=O) groups is 1. The molecule has 1 aromatic heterocycles. The van der Waals surface area contributed by atoms with Crippen molar-refractivity contribution in [1.82, 2.24) is 4.98 Å². The molecule has 5 nitrogen and oxygen atoms in total. The highest BCUT2D eigenvalue weighted by atomic mass is 35.5. The van der Waals surface area contributed by atoms with Crippen LogP contribution in [0, 0.1) is 0 Å². The van der Waals surface area contributed by atoms with Gasteiger partial charge in [0.1, 0.15) is 5.02 Å². The van der Waals surface area contributed by atoms with E-state index < -0.39 is 5.97 Å². The molecule has 1 heterocycles. The maximum atomic E-state index is 11.6. The molecule has 0 fully saturated rings. The number of nitrogen functional groups attached to an aromatic ring is 1. The maximum absolute atomic E-state index is 11.6. The number of hydrogen-bond donors (Lipinski definition) is 1. The van der Waals surface area contributed by atoms with Crippen LogP contribution < -0.4 is 5.73 Å². The van der Waals surface area contributed by atoms with E-state index in [1.807, 2.05) is 6.92 Å². The zero-order chi connectivity index (χ0) is 13.7. The van der Waals surface area contributed by atoms with Gasteiger partial charge in [0.2, 0.25) is 0 Å². The van der Waals surface area contributed by atoms with Crippen LogP contribution in [0.5, 0.6) is 0 Å². The fraction of sp³-hybridized carbons (Fsp3) is 0.273. The Hall–Kier alpha value is -1.46. The van der Waals surface area contributed by atoms with E-state index in [4.69, 9.17) is 33.7 Å². The number of nitrogens with zero attached hydrogens (tertiary/aromatic N) is 1. The molecule has 0 radical (unpaired) electrons. The average molecular weight is 291 g/mol. The van der Waals surface area contributed by atoms with E-state index in [1.54, 1.807) is 0 Å². The van der Waals surface area contributed by atoms with Crippen molar-refractivity contribution in [2.45, 2.75) is 6.92 Å². The molecule has 7 heteroatoms. The molecule has 0 atom stereocenters. The number of nitrogens with two attached hydrogens (primary N) is 1. The number of methoxy groups -OCH3 is 1. The number of aromatic nitrogens is 1. The van der Waals surface area contributed by atoms with Gasteiger partial charge in [0.25, 0.3) is 0 Å². The van der Waals surface area contributed by atoms with Gasteiger partial charge in [-0.2, -0.15) is 0 Å². The summed E-state index contributed by atoms with van der Waals surface area (Å²) in [5.74, 6) is -0.656. The number of hydrogen-bond acceptors (Lipinski definition) is 5. The van der Waals surface area contributed by atoms with E-state index in [0.29, 0.717) is 12.2 Å². The predicted octanol–water partition coefficient (Wildman–Crippen LogP) is 2.76. The van der Waals surface area contributed by atoms with Gasteiger partial charge in [0, 0.05) is 5.56 Å².